The van der Waals surface area contributed by atoms with Gasteiger partial charge >= 0.3 is 5.97 Å². The first-order chi connectivity index (χ1) is 14.7. The lowest BCUT2D eigenvalue weighted by molar-refractivity contribution is -0.153. The van der Waals surface area contributed by atoms with Crippen LogP contribution in [-0.4, -0.2) is 32.0 Å². The summed E-state index contributed by atoms with van der Waals surface area (Å²) >= 11 is 0. The van der Waals surface area contributed by atoms with Gasteiger partial charge in [-0.25, -0.2) is 8.42 Å². The number of hydrogen-bond donors (Lipinski definition) is 2. The Hall–Kier alpha value is -3.50. The first-order valence-corrected chi connectivity index (χ1v) is 10.8. The van der Waals surface area contributed by atoms with E-state index < -0.39 is 34.5 Å². The second kappa shape index (κ2) is 9.54. The summed E-state index contributed by atoms with van der Waals surface area (Å²) in [5, 5.41) is 6.19. The zero-order chi connectivity index (χ0) is 22.4. The monoisotopic (exact) mass is 443 g/mol. The lowest BCUT2D eigenvalue weighted by Crippen LogP contribution is -2.33. The fourth-order valence-corrected chi connectivity index (χ4v) is 3.61. The van der Waals surface area contributed by atoms with Gasteiger partial charge in [-0.2, -0.15) is 4.72 Å². The summed E-state index contributed by atoms with van der Waals surface area (Å²) in [6.07, 6.45) is -1.31. The Balaban J connectivity index is 1.69. The summed E-state index contributed by atoms with van der Waals surface area (Å²) in [6.45, 7) is 2.85. The number of carbonyl (C=O) groups excluding carboxylic acids is 2. The Bertz CT molecular complexity index is 1160. The molecule has 0 radical (unpaired) electrons. The van der Waals surface area contributed by atoms with Gasteiger partial charge in [0, 0.05) is 11.6 Å². The molecule has 0 bridgehead atoms. The zero-order valence-corrected chi connectivity index (χ0v) is 17.7. The van der Waals surface area contributed by atoms with Crippen LogP contribution in [0.15, 0.2) is 70.1 Å². The van der Waals surface area contributed by atoms with Crippen LogP contribution in [-0.2, 0) is 24.3 Å². The molecular weight excluding hydrogens is 422 g/mol. The van der Waals surface area contributed by atoms with Gasteiger partial charge in [0.2, 0.25) is 16.1 Å². The van der Waals surface area contributed by atoms with Crippen molar-refractivity contribution in [2.75, 3.05) is 11.9 Å². The summed E-state index contributed by atoms with van der Waals surface area (Å²) in [7, 11) is -3.91. The number of anilines is 1. The molecule has 1 unspecified atom stereocenters. The van der Waals surface area contributed by atoms with Gasteiger partial charge in [-0.05, 0) is 26.0 Å². The number of ether oxygens (including phenoxy) is 1. The van der Waals surface area contributed by atoms with Crippen molar-refractivity contribution in [1.29, 1.82) is 0 Å². The number of esters is 1. The first kappa shape index (κ1) is 22.2. The largest absolute Gasteiger partial charge is 0.446 e. The number of rotatable bonds is 8. The van der Waals surface area contributed by atoms with Crippen molar-refractivity contribution in [3.63, 3.8) is 0 Å². The third-order valence-electron chi connectivity index (χ3n) is 4.21. The molecule has 0 saturated heterocycles. The number of aryl methyl sites for hydroxylation is 2. The number of aromatic nitrogens is 1. The van der Waals surface area contributed by atoms with E-state index in [4.69, 9.17) is 9.26 Å². The second-order valence-corrected chi connectivity index (χ2v) is 8.50. The molecule has 1 heterocycles. The van der Waals surface area contributed by atoms with Crippen LogP contribution in [0.25, 0.3) is 0 Å². The summed E-state index contributed by atoms with van der Waals surface area (Å²) in [6, 6.07) is 16.0. The Morgan fingerprint density at radius 1 is 1.06 bits per heavy atom. The maximum absolute atomic E-state index is 12.7. The highest BCUT2D eigenvalue weighted by Gasteiger charge is 2.26. The Morgan fingerprint density at radius 2 is 1.74 bits per heavy atom. The first-order valence-electron chi connectivity index (χ1n) is 9.29. The predicted molar refractivity (Wildman–Crippen MR) is 112 cm³/mol. The van der Waals surface area contributed by atoms with Crippen molar-refractivity contribution in [3.05, 3.63) is 77.6 Å². The molecule has 0 saturated carbocycles. The van der Waals surface area contributed by atoms with Crippen molar-refractivity contribution in [1.82, 2.24) is 9.88 Å². The average Bonchev–Trinajstić information content (AvgIpc) is 3.16. The van der Waals surface area contributed by atoms with Crippen molar-refractivity contribution in [2.45, 2.75) is 24.8 Å². The van der Waals surface area contributed by atoms with Crippen LogP contribution >= 0.6 is 0 Å². The molecule has 1 aromatic heterocycles. The predicted octanol–water partition coefficient (Wildman–Crippen LogP) is 2.49. The molecule has 9 nitrogen and oxygen atoms in total. The quantitative estimate of drug-likeness (QED) is 0.512. The van der Waals surface area contributed by atoms with Crippen LogP contribution in [0.2, 0.25) is 0 Å². The Kier molecular flexibility index (Phi) is 6.83. The molecule has 162 valence electrons. The van der Waals surface area contributed by atoms with Crippen molar-refractivity contribution < 1.29 is 27.3 Å². The van der Waals surface area contributed by atoms with E-state index in [-0.39, 0.29) is 10.7 Å². The molecule has 0 aliphatic rings. The van der Waals surface area contributed by atoms with Crippen LogP contribution in [0.5, 0.6) is 0 Å². The maximum atomic E-state index is 12.7. The SMILES string of the molecule is Cc1ccc(S(=O)(=O)NCC(=O)OC(C(=O)Nc2cc(C)on2)c2ccccc2)cc1. The van der Waals surface area contributed by atoms with E-state index in [0.717, 1.165) is 5.56 Å². The van der Waals surface area contributed by atoms with E-state index in [1.165, 1.54) is 18.2 Å². The molecule has 1 amide bonds. The highest BCUT2D eigenvalue weighted by molar-refractivity contribution is 7.89. The number of benzene rings is 2. The van der Waals surface area contributed by atoms with Crippen LogP contribution < -0.4 is 10.0 Å². The number of nitrogens with zero attached hydrogens (tertiary/aromatic N) is 1. The Labute approximate surface area is 179 Å². The average molecular weight is 443 g/mol. The van der Waals surface area contributed by atoms with Crippen LogP contribution in [0.4, 0.5) is 5.82 Å². The van der Waals surface area contributed by atoms with Gasteiger partial charge in [-0.1, -0.05) is 53.2 Å². The van der Waals surface area contributed by atoms with Gasteiger partial charge in [0.25, 0.3) is 5.91 Å². The summed E-state index contributed by atoms with van der Waals surface area (Å²) in [4.78, 5) is 25.1. The minimum absolute atomic E-state index is 0.0182. The molecule has 0 fully saturated rings. The number of nitrogens with one attached hydrogen (secondary N) is 2. The Morgan fingerprint density at radius 3 is 2.35 bits per heavy atom. The van der Waals surface area contributed by atoms with Gasteiger partial charge in [-0.15, -0.1) is 0 Å². The molecule has 3 aromatic rings. The lowest BCUT2D eigenvalue weighted by atomic mass is 10.1. The molecule has 10 heteroatoms. The van der Waals surface area contributed by atoms with E-state index in [9.17, 15) is 18.0 Å². The van der Waals surface area contributed by atoms with Crippen LogP contribution in [0.3, 0.4) is 0 Å². The molecule has 0 spiro atoms. The third-order valence-corrected chi connectivity index (χ3v) is 5.62. The number of hydrogen-bond acceptors (Lipinski definition) is 7. The summed E-state index contributed by atoms with van der Waals surface area (Å²) < 4.78 is 37.1. The molecule has 3 rings (SSSR count). The highest BCUT2D eigenvalue weighted by atomic mass is 32.2. The normalized spacial score (nSPS) is 12.2. The van der Waals surface area contributed by atoms with E-state index in [0.29, 0.717) is 11.3 Å². The van der Waals surface area contributed by atoms with Gasteiger partial charge < -0.3 is 14.6 Å². The molecule has 31 heavy (non-hydrogen) atoms. The van der Waals surface area contributed by atoms with Gasteiger partial charge in [0.15, 0.2) is 5.82 Å². The number of carbonyl (C=O) groups is 2. The van der Waals surface area contributed by atoms with Crippen LogP contribution in [0, 0.1) is 13.8 Å². The van der Waals surface area contributed by atoms with E-state index >= 15 is 0 Å². The zero-order valence-electron chi connectivity index (χ0n) is 16.9. The molecule has 1 atom stereocenters. The molecule has 2 N–H and O–H groups in total. The van der Waals surface area contributed by atoms with E-state index in [1.54, 1.807) is 49.4 Å². The summed E-state index contributed by atoms with van der Waals surface area (Å²) in [5.74, 6) is -0.918. The smallest absolute Gasteiger partial charge is 0.322 e. The molecule has 0 aliphatic heterocycles. The standard InChI is InChI=1S/C21H21N3O6S/c1-14-8-10-17(11-9-14)31(27,28)22-13-19(25)29-20(16-6-4-3-5-7-16)21(26)23-18-12-15(2)30-24-18/h3-12,20,22H,13H2,1-2H3,(H,23,24,26). The van der Waals surface area contributed by atoms with Crippen LogP contribution in [0.1, 0.15) is 23.0 Å². The topological polar surface area (TPSA) is 128 Å². The highest BCUT2D eigenvalue weighted by Crippen LogP contribution is 2.20. The number of amides is 1. The van der Waals surface area contributed by atoms with E-state index in [1.807, 2.05) is 6.92 Å². The molecule has 2 aromatic carbocycles. The fourth-order valence-electron chi connectivity index (χ4n) is 2.65. The second-order valence-electron chi connectivity index (χ2n) is 6.73. The van der Waals surface area contributed by atoms with Crippen molar-refractivity contribution in [2.24, 2.45) is 0 Å². The van der Waals surface area contributed by atoms with Crippen molar-refractivity contribution in [3.8, 4) is 0 Å². The molecular formula is C21H21N3O6S. The van der Waals surface area contributed by atoms with Gasteiger partial charge in [0.05, 0.1) is 4.90 Å². The van der Waals surface area contributed by atoms with Gasteiger partial charge in [-0.3, -0.25) is 9.59 Å². The summed E-state index contributed by atoms with van der Waals surface area (Å²) in [5.41, 5.74) is 1.31. The fraction of sp³-hybridized carbons (Fsp3) is 0.190. The van der Waals surface area contributed by atoms with Gasteiger partial charge in [0.1, 0.15) is 12.3 Å². The van der Waals surface area contributed by atoms with Crippen molar-refractivity contribution >= 4 is 27.7 Å². The maximum Gasteiger partial charge on any atom is 0.322 e. The number of sulfonamides is 1. The lowest BCUT2D eigenvalue weighted by Gasteiger charge is -2.17. The third kappa shape index (κ3) is 6.00. The minimum Gasteiger partial charge on any atom is -0.446 e. The minimum atomic E-state index is -3.91. The van der Waals surface area contributed by atoms with E-state index in [2.05, 4.69) is 15.2 Å². The molecule has 0 aliphatic carbocycles.